The van der Waals surface area contributed by atoms with E-state index < -0.39 is 11.5 Å². The number of carbonyl (C=O) groups excluding carboxylic acids is 1. The second-order valence-electron chi connectivity index (χ2n) is 9.30. The lowest BCUT2D eigenvalue weighted by Crippen LogP contribution is -2.54. The van der Waals surface area contributed by atoms with Crippen molar-refractivity contribution in [2.45, 2.75) is 50.2 Å². The van der Waals surface area contributed by atoms with Gasteiger partial charge in [-0.15, -0.1) is 0 Å². The largest absolute Gasteiger partial charge is 0.446 e. The van der Waals surface area contributed by atoms with Gasteiger partial charge in [-0.3, -0.25) is 4.90 Å². The minimum atomic E-state index is -0.746. The number of hydrogen-bond acceptors (Lipinski definition) is 4. The molecule has 4 rings (SSSR count). The van der Waals surface area contributed by atoms with E-state index >= 15 is 0 Å². The number of carbonyl (C=O) groups is 1. The Labute approximate surface area is 189 Å². The molecule has 1 amide bonds. The van der Waals surface area contributed by atoms with Gasteiger partial charge in [-0.2, -0.15) is 0 Å². The number of nitrogens with zero attached hydrogens (tertiary/aromatic N) is 1. The Morgan fingerprint density at radius 2 is 1.81 bits per heavy atom. The van der Waals surface area contributed by atoms with E-state index in [4.69, 9.17) is 16.2 Å². The van der Waals surface area contributed by atoms with E-state index in [1.165, 1.54) is 11.6 Å². The van der Waals surface area contributed by atoms with Crippen LogP contribution in [0.4, 0.5) is 9.18 Å². The van der Waals surface area contributed by atoms with Crippen LogP contribution < -0.4 is 11.5 Å². The van der Waals surface area contributed by atoms with Crippen LogP contribution in [0.3, 0.4) is 0 Å². The fraction of sp³-hybridized carbons (Fsp3) is 0.500. The van der Waals surface area contributed by atoms with E-state index in [1.54, 1.807) is 12.1 Å². The summed E-state index contributed by atoms with van der Waals surface area (Å²) in [5.41, 5.74) is 13.7. The summed E-state index contributed by atoms with van der Waals surface area (Å²) in [7, 11) is 0. The summed E-state index contributed by atoms with van der Waals surface area (Å²) in [6.45, 7) is 3.25. The Balaban J connectivity index is 1.60. The molecule has 172 valence electrons. The first-order valence-electron chi connectivity index (χ1n) is 11.7. The molecule has 1 heterocycles. The molecule has 5 nitrogen and oxygen atoms in total. The van der Waals surface area contributed by atoms with Gasteiger partial charge in [0.2, 0.25) is 0 Å². The monoisotopic (exact) mass is 439 g/mol. The van der Waals surface area contributed by atoms with Gasteiger partial charge in [-0.05, 0) is 74.4 Å². The average molecular weight is 440 g/mol. The molecule has 1 saturated heterocycles. The SMILES string of the molecule is NC[C@@](c1cccc(F)c1)(C1CCN(Cc2ccccc2)CC1)[C@H]1CCC[C@@H]1OC(N)=O. The quantitative estimate of drug-likeness (QED) is 0.678. The molecule has 0 bridgehead atoms. The third kappa shape index (κ3) is 4.66. The van der Waals surface area contributed by atoms with Gasteiger partial charge < -0.3 is 16.2 Å². The molecular formula is C26H34FN3O2. The highest BCUT2D eigenvalue weighted by molar-refractivity contribution is 5.65. The Morgan fingerprint density at radius 3 is 2.47 bits per heavy atom. The Kier molecular flexibility index (Phi) is 7.11. The molecule has 1 saturated carbocycles. The molecule has 1 aliphatic carbocycles. The summed E-state index contributed by atoms with van der Waals surface area (Å²) < 4.78 is 19.9. The van der Waals surface area contributed by atoms with E-state index in [0.29, 0.717) is 6.54 Å². The van der Waals surface area contributed by atoms with E-state index in [-0.39, 0.29) is 23.8 Å². The molecule has 0 radical (unpaired) electrons. The highest BCUT2D eigenvalue weighted by atomic mass is 19.1. The summed E-state index contributed by atoms with van der Waals surface area (Å²) >= 11 is 0. The predicted molar refractivity (Wildman–Crippen MR) is 123 cm³/mol. The van der Waals surface area contributed by atoms with Gasteiger partial charge in [0.15, 0.2) is 0 Å². The molecule has 6 heteroatoms. The zero-order valence-corrected chi connectivity index (χ0v) is 18.6. The number of benzene rings is 2. The summed E-state index contributed by atoms with van der Waals surface area (Å²) in [6, 6.07) is 17.4. The standard InChI is InChI=1S/C26H34FN3O2/c27-22-9-4-8-21(16-22)26(18-28,23-10-5-11-24(23)32-25(29)31)20-12-14-30(15-13-20)17-19-6-2-1-3-7-19/h1-4,6-9,16,20,23-24H,5,10-15,17-18,28H2,(H2,29,31)/t23-,24-,26-/m0/s1. The van der Waals surface area contributed by atoms with Gasteiger partial charge in [-0.25, -0.2) is 9.18 Å². The maximum absolute atomic E-state index is 14.3. The van der Waals surface area contributed by atoms with E-state index in [0.717, 1.165) is 57.3 Å². The zero-order chi connectivity index (χ0) is 22.6. The van der Waals surface area contributed by atoms with Crippen LogP contribution in [0.15, 0.2) is 54.6 Å². The lowest BCUT2D eigenvalue weighted by molar-refractivity contribution is 0.0168. The minimum Gasteiger partial charge on any atom is -0.446 e. The smallest absolute Gasteiger partial charge is 0.404 e. The highest BCUT2D eigenvalue weighted by Crippen LogP contribution is 2.50. The second-order valence-corrected chi connectivity index (χ2v) is 9.30. The fourth-order valence-electron chi connectivity index (χ4n) is 6.22. The molecule has 4 N–H and O–H groups in total. The van der Waals surface area contributed by atoms with Gasteiger partial charge in [0, 0.05) is 24.4 Å². The number of rotatable bonds is 7. The van der Waals surface area contributed by atoms with Crippen molar-refractivity contribution in [3.05, 3.63) is 71.5 Å². The highest BCUT2D eigenvalue weighted by Gasteiger charge is 2.51. The number of likely N-dealkylation sites (tertiary alicyclic amines) is 1. The van der Waals surface area contributed by atoms with Crippen molar-refractivity contribution >= 4 is 6.09 Å². The van der Waals surface area contributed by atoms with Crippen LogP contribution in [0.1, 0.15) is 43.2 Å². The van der Waals surface area contributed by atoms with Crippen molar-refractivity contribution in [3.8, 4) is 0 Å². The number of amides is 1. The van der Waals surface area contributed by atoms with Crippen molar-refractivity contribution in [2.24, 2.45) is 23.3 Å². The van der Waals surface area contributed by atoms with Crippen LogP contribution in [-0.4, -0.2) is 36.7 Å². The van der Waals surface area contributed by atoms with Crippen molar-refractivity contribution in [2.75, 3.05) is 19.6 Å². The van der Waals surface area contributed by atoms with E-state index in [9.17, 15) is 9.18 Å². The molecule has 32 heavy (non-hydrogen) atoms. The first-order valence-corrected chi connectivity index (χ1v) is 11.7. The van der Waals surface area contributed by atoms with Crippen molar-refractivity contribution in [3.63, 3.8) is 0 Å². The van der Waals surface area contributed by atoms with E-state index in [1.807, 2.05) is 12.1 Å². The number of hydrogen-bond donors (Lipinski definition) is 2. The first-order chi connectivity index (χ1) is 15.5. The Hall–Kier alpha value is -2.44. The topological polar surface area (TPSA) is 81.6 Å². The third-order valence-corrected chi connectivity index (χ3v) is 7.65. The molecule has 0 spiro atoms. The van der Waals surface area contributed by atoms with E-state index in [2.05, 4.69) is 29.2 Å². The fourth-order valence-corrected chi connectivity index (χ4v) is 6.22. The summed E-state index contributed by atoms with van der Waals surface area (Å²) in [6.07, 6.45) is 3.55. The Morgan fingerprint density at radius 1 is 1.06 bits per heavy atom. The van der Waals surface area contributed by atoms with Gasteiger partial charge in [0.1, 0.15) is 11.9 Å². The maximum atomic E-state index is 14.3. The van der Waals surface area contributed by atoms with Crippen LogP contribution in [0.2, 0.25) is 0 Å². The molecular weight excluding hydrogens is 405 g/mol. The summed E-state index contributed by atoms with van der Waals surface area (Å²) in [5.74, 6) is 0.0584. The lowest BCUT2D eigenvalue weighted by Gasteiger charge is -2.49. The average Bonchev–Trinajstić information content (AvgIpc) is 3.24. The molecule has 1 aliphatic heterocycles. The van der Waals surface area contributed by atoms with Crippen molar-refractivity contribution < 1.29 is 13.9 Å². The summed E-state index contributed by atoms with van der Waals surface area (Å²) in [4.78, 5) is 14.1. The van der Waals surface area contributed by atoms with Gasteiger partial charge in [0.05, 0.1) is 0 Å². The zero-order valence-electron chi connectivity index (χ0n) is 18.6. The molecule has 3 atom stereocenters. The van der Waals surface area contributed by atoms with Crippen LogP contribution in [0.5, 0.6) is 0 Å². The summed E-state index contributed by atoms with van der Waals surface area (Å²) in [5, 5.41) is 0. The normalized spacial score (nSPS) is 24.2. The van der Waals surface area contributed by atoms with Crippen molar-refractivity contribution in [1.29, 1.82) is 0 Å². The predicted octanol–water partition coefficient (Wildman–Crippen LogP) is 4.20. The lowest BCUT2D eigenvalue weighted by atomic mass is 9.58. The molecule has 2 aromatic rings. The number of piperidine rings is 1. The van der Waals surface area contributed by atoms with Crippen LogP contribution in [0.25, 0.3) is 0 Å². The second kappa shape index (κ2) is 10.0. The molecule has 2 aromatic carbocycles. The number of primary amides is 1. The number of ether oxygens (including phenoxy) is 1. The van der Waals surface area contributed by atoms with Crippen LogP contribution >= 0.6 is 0 Å². The molecule has 2 aliphatic rings. The van der Waals surface area contributed by atoms with Gasteiger partial charge in [-0.1, -0.05) is 42.5 Å². The number of halogens is 1. The maximum Gasteiger partial charge on any atom is 0.404 e. The van der Waals surface area contributed by atoms with Crippen LogP contribution in [-0.2, 0) is 16.7 Å². The molecule has 0 unspecified atom stereocenters. The van der Waals surface area contributed by atoms with Crippen molar-refractivity contribution in [1.82, 2.24) is 4.90 Å². The van der Waals surface area contributed by atoms with Gasteiger partial charge >= 0.3 is 6.09 Å². The molecule has 2 fully saturated rings. The molecule has 0 aromatic heterocycles. The number of nitrogens with two attached hydrogens (primary N) is 2. The third-order valence-electron chi connectivity index (χ3n) is 7.65. The first kappa shape index (κ1) is 22.7. The minimum absolute atomic E-state index is 0.0347. The van der Waals surface area contributed by atoms with Crippen LogP contribution in [0, 0.1) is 17.7 Å². The Bertz CT molecular complexity index is 901. The van der Waals surface area contributed by atoms with Gasteiger partial charge in [0.25, 0.3) is 0 Å².